The highest BCUT2D eigenvalue weighted by Crippen LogP contribution is 2.30. The normalized spacial score (nSPS) is 13.0. The molecule has 0 amide bonds. The molecule has 6 nitrogen and oxygen atoms in total. The number of hydrogen-bond donors (Lipinski definition) is 1. The lowest BCUT2D eigenvalue weighted by molar-refractivity contribution is -0.138. The first-order chi connectivity index (χ1) is 11.5. The molecule has 0 fully saturated rings. The van der Waals surface area contributed by atoms with Gasteiger partial charge < -0.3 is 9.84 Å². The van der Waals surface area contributed by atoms with Crippen molar-refractivity contribution in [1.29, 1.82) is 0 Å². The van der Waals surface area contributed by atoms with E-state index in [1.165, 1.54) is 19.2 Å². The first-order valence-corrected chi connectivity index (χ1v) is 9.26. The predicted octanol–water partition coefficient (Wildman–Crippen LogP) is 2.60. The molecule has 0 bridgehead atoms. The minimum atomic E-state index is -3.82. The maximum atomic E-state index is 12.8. The van der Waals surface area contributed by atoms with E-state index < -0.39 is 27.4 Å². The van der Waals surface area contributed by atoms with Crippen molar-refractivity contribution in [2.75, 3.05) is 13.7 Å². The summed E-state index contributed by atoms with van der Waals surface area (Å²) in [5.41, 5.74) is -0.526. The molecule has 0 aliphatic carbocycles. The number of carboxylic acid groups (broad SMARTS) is 1. The van der Waals surface area contributed by atoms with Crippen LogP contribution in [0.3, 0.4) is 0 Å². The Bertz CT molecular complexity index is 751. The van der Waals surface area contributed by atoms with Crippen LogP contribution in [0.5, 0.6) is 5.75 Å². The van der Waals surface area contributed by atoms with E-state index in [0.29, 0.717) is 5.75 Å². The maximum absolute atomic E-state index is 12.8. The quantitative estimate of drug-likeness (QED) is 0.749. The SMILES string of the molecule is CC#CCOc1ccc(S(=O)(=O)N(C)C(CC(=O)O)C(C)(C)C)cc1. The topological polar surface area (TPSA) is 83.9 Å². The molecule has 0 aliphatic rings. The Morgan fingerprint density at radius 1 is 1.28 bits per heavy atom. The summed E-state index contributed by atoms with van der Waals surface area (Å²) in [5.74, 6) is 4.94. The first kappa shape index (κ1) is 21.0. The van der Waals surface area contributed by atoms with Crippen LogP contribution in [0.15, 0.2) is 29.2 Å². The molecule has 0 saturated heterocycles. The highest BCUT2D eigenvalue weighted by atomic mass is 32.2. The standard InChI is InChI=1S/C18H25NO5S/c1-6-7-12-24-14-8-10-15(11-9-14)25(22,23)19(5)16(13-17(20)21)18(2,3)4/h8-11,16H,12-13H2,1-5H3,(H,20,21). The molecule has 0 aromatic heterocycles. The number of ether oxygens (including phenoxy) is 1. The van der Waals surface area contributed by atoms with Crippen LogP contribution in [-0.4, -0.2) is 43.5 Å². The van der Waals surface area contributed by atoms with Gasteiger partial charge in [-0.15, -0.1) is 5.92 Å². The molecule has 1 N–H and O–H groups in total. The fraction of sp³-hybridized carbons (Fsp3) is 0.500. The molecule has 1 unspecified atom stereocenters. The number of hydrogen-bond acceptors (Lipinski definition) is 4. The molecule has 1 aromatic carbocycles. The van der Waals surface area contributed by atoms with Crippen molar-refractivity contribution >= 4 is 16.0 Å². The molecule has 138 valence electrons. The molecule has 0 saturated carbocycles. The van der Waals surface area contributed by atoms with Crippen LogP contribution >= 0.6 is 0 Å². The van der Waals surface area contributed by atoms with Crippen molar-refractivity contribution in [3.63, 3.8) is 0 Å². The van der Waals surface area contributed by atoms with E-state index in [2.05, 4.69) is 11.8 Å². The van der Waals surface area contributed by atoms with Gasteiger partial charge >= 0.3 is 5.97 Å². The Labute approximate surface area is 149 Å². The van der Waals surface area contributed by atoms with Gasteiger partial charge in [0.05, 0.1) is 11.3 Å². The number of nitrogens with zero attached hydrogens (tertiary/aromatic N) is 1. The lowest BCUT2D eigenvalue weighted by Gasteiger charge is -2.36. The molecule has 1 rings (SSSR count). The third-order valence-electron chi connectivity index (χ3n) is 3.80. The van der Waals surface area contributed by atoms with Gasteiger partial charge in [-0.1, -0.05) is 26.7 Å². The monoisotopic (exact) mass is 367 g/mol. The van der Waals surface area contributed by atoms with Gasteiger partial charge in [0.25, 0.3) is 0 Å². The van der Waals surface area contributed by atoms with Gasteiger partial charge in [0.15, 0.2) is 0 Å². The zero-order valence-electron chi connectivity index (χ0n) is 15.2. The number of aliphatic carboxylic acids is 1. The molecule has 0 heterocycles. The van der Waals surface area contributed by atoms with Crippen LogP contribution in [0.25, 0.3) is 0 Å². The first-order valence-electron chi connectivity index (χ1n) is 7.82. The van der Waals surface area contributed by atoms with E-state index in [9.17, 15) is 13.2 Å². The van der Waals surface area contributed by atoms with E-state index in [0.717, 1.165) is 4.31 Å². The van der Waals surface area contributed by atoms with Crippen molar-refractivity contribution in [2.45, 2.75) is 45.1 Å². The summed E-state index contributed by atoms with van der Waals surface area (Å²) >= 11 is 0. The average Bonchev–Trinajstić information content (AvgIpc) is 2.51. The van der Waals surface area contributed by atoms with E-state index in [1.54, 1.807) is 19.1 Å². The van der Waals surface area contributed by atoms with Gasteiger partial charge in [0, 0.05) is 13.1 Å². The van der Waals surface area contributed by atoms with Crippen LogP contribution in [0.2, 0.25) is 0 Å². The second kappa shape index (κ2) is 8.37. The Kier molecular flexibility index (Phi) is 7.03. The molecule has 0 aliphatic heterocycles. The van der Waals surface area contributed by atoms with Crippen LogP contribution < -0.4 is 4.74 Å². The highest BCUT2D eigenvalue weighted by molar-refractivity contribution is 7.89. The Hall–Kier alpha value is -2.04. The minimum absolute atomic E-state index is 0.0866. The number of carbonyl (C=O) groups is 1. The summed E-state index contributed by atoms with van der Waals surface area (Å²) in [7, 11) is -2.41. The molecule has 1 atom stereocenters. The summed E-state index contributed by atoms with van der Waals surface area (Å²) < 4.78 is 32.2. The zero-order chi connectivity index (χ0) is 19.3. The van der Waals surface area contributed by atoms with Crippen LogP contribution in [0.4, 0.5) is 0 Å². The van der Waals surface area contributed by atoms with Gasteiger partial charge in [-0.05, 0) is 36.6 Å². The van der Waals surface area contributed by atoms with Crippen molar-refractivity contribution in [1.82, 2.24) is 4.31 Å². The third kappa shape index (κ3) is 5.76. The third-order valence-corrected chi connectivity index (χ3v) is 5.68. The van der Waals surface area contributed by atoms with Gasteiger partial charge in [0.1, 0.15) is 12.4 Å². The van der Waals surface area contributed by atoms with Gasteiger partial charge in [-0.25, -0.2) is 8.42 Å². The Morgan fingerprint density at radius 3 is 2.28 bits per heavy atom. The van der Waals surface area contributed by atoms with Crippen LogP contribution in [0.1, 0.15) is 34.1 Å². The smallest absolute Gasteiger partial charge is 0.304 e. The predicted molar refractivity (Wildman–Crippen MR) is 95.8 cm³/mol. The average molecular weight is 367 g/mol. The summed E-state index contributed by atoms with van der Waals surface area (Å²) in [6, 6.07) is 5.33. The van der Waals surface area contributed by atoms with Crippen molar-refractivity contribution in [3.05, 3.63) is 24.3 Å². The summed E-state index contributed by atoms with van der Waals surface area (Å²) in [5, 5.41) is 9.12. The molecule has 0 spiro atoms. The maximum Gasteiger partial charge on any atom is 0.304 e. The van der Waals surface area contributed by atoms with E-state index in [-0.39, 0.29) is 17.9 Å². The second-order valence-electron chi connectivity index (χ2n) is 6.69. The van der Waals surface area contributed by atoms with Gasteiger partial charge in [0.2, 0.25) is 10.0 Å². The summed E-state index contributed by atoms with van der Waals surface area (Å²) in [6.45, 7) is 7.39. The molecule has 25 heavy (non-hydrogen) atoms. The molecular weight excluding hydrogens is 342 g/mol. The molecule has 1 aromatic rings. The van der Waals surface area contributed by atoms with E-state index in [1.807, 2.05) is 20.8 Å². The van der Waals surface area contributed by atoms with Crippen molar-refractivity contribution < 1.29 is 23.1 Å². The van der Waals surface area contributed by atoms with Gasteiger partial charge in [-0.3, -0.25) is 4.79 Å². The van der Waals surface area contributed by atoms with Gasteiger partial charge in [-0.2, -0.15) is 4.31 Å². The number of benzene rings is 1. The summed E-state index contributed by atoms with van der Waals surface area (Å²) in [4.78, 5) is 11.2. The number of carboxylic acids is 1. The fourth-order valence-electron chi connectivity index (χ4n) is 2.38. The van der Waals surface area contributed by atoms with Crippen LogP contribution in [0, 0.1) is 17.3 Å². The van der Waals surface area contributed by atoms with Crippen molar-refractivity contribution in [2.24, 2.45) is 5.41 Å². The molecule has 0 radical (unpaired) electrons. The van der Waals surface area contributed by atoms with Crippen molar-refractivity contribution in [3.8, 4) is 17.6 Å². The second-order valence-corrected chi connectivity index (χ2v) is 8.69. The van der Waals surface area contributed by atoms with E-state index >= 15 is 0 Å². The van der Waals surface area contributed by atoms with E-state index in [4.69, 9.17) is 9.84 Å². The lowest BCUT2D eigenvalue weighted by Crippen LogP contribution is -2.46. The Balaban J connectivity index is 3.08. The molecular formula is C18H25NO5S. The fourth-order valence-corrected chi connectivity index (χ4v) is 3.92. The molecule has 7 heteroatoms. The number of rotatable bonds is 7. The minimum Gasteiger partial charge on any atom is -0.481 e. The highest BCUT2D eigenvalue weighted by Gasteiger charge is 2.37. The largest absolute Gasteiger partial charge is 0.481 e. The lowest BCUT2D eigenvalue weighted by atomic mass is 9.85. The summed E-state index contributed by atoms with van der Waals surface area (Å²) in [6.07, 6.45) is -0.268. The van der Waals surface area contributed by atoms with Crippen LogP contribution in [-0.2, 0) is 14.8 Å². The number of sulfonamides is 1. The zero-order valence-corrected chi connectivity index (χ0v) is 16.1. The Morgan fingerprint density at radius 2 is 1.84 bits per heavy atom.